The molecular formula is C5H9O6P. The van der Waals surface area contributed by atoms with Gasteiger partial charge in [0.05, 0.1) is 13.2 Å². The third kappa shape index (κ3) is 1.42. The van der Waals surface area contributed by atoms with Crippen molar-refractivity contribution in [2.75, 3.05) is 13.2 Å². The van der Waals surface area contributed by atoms with E-state index in [1.807, 2.05) is 0 Å². The average Bonchev–Trinajstić information content (AvgIpc) is 2.31. The Hall–Kier alpha value is 0.0300. The first-order valence-corrected chi connectivity index (χ1v) is 5.03. The second kappa shape index (κ2) is 2.77. The number of phosphoric acid groups is 1. The topological polar surface area (TPSA) is 85.2 Å². The Kier molecular flexibility index (Phi) is 1.99. The molecule has 70 valence electrons. The highest BCUT2D eigenvalue weighted by Crippen LogP contribution is 2.50. The molecule has 0 aromatic heterocycles. The quantitative estimate of drug-likeness (QED) is 0.496. The summed E-state index contributed by atoms with van der Waals surface area (Å²) in [5.74, 6) is 0. The molecular weight excluding hydrogens is 187 g/mol. The van der Waals surface area contributed by atoms with Crippen LogP contribution in [0.4, 0.5) is 0 Å². The van der Waals surface area contributed by atoms with E-state index in [1.54, 1.807) is 0 Å². The molecule has 2 aliphatic heterocycles. The van der Waals surface area contributed by atoms with Gasteiger partial charge in [-0.1, -0.05) is 0 Å². The van der Waals surface area contributed by atoms with Gasteiger partial charge in [-0.3, -0.25) is 9.05 Å². The fourth-order valence-corrected chi connectivity index (χ4v) is 2.27. The highest BCUT2D eigenvalue weighted by atomic mass is 31.2. The number of rotatable bonds is 0. The van der Waals surface area contributed by atoms with Crippen LogP contribution in [-0.2, 0) is 18.3 Å². The van der Waals surface area contributed by atoms with E-state index in [0.29, 0.717) is 0 Å². The van der Waals surface area contributed by atoms with Crippen LogP contribution in [0.2, 0.25) is 0 Å². The summed E-state index contributed by atoms with van der Waals surface area (Å²) in [5, 5.41) is 9.22. The Morgan fingerprint density at radius 2 is 2.17 bits per heavy atom. The molecule has 2 fully saturated rings. The molecule has 2 saturated heterocycles. The van der Waals surface area contributed by atoms with Gasteiger partial charge < -0.3 is 14.7 Å². The number of hydrogen-bond donors (Lipinski definition) is 2. The van der Waals surface area contributed by atoms with Crippen LogP contribution in [-0.4, -0.2) is 41.5 Å². The number of aliphatic hydroxyl groups is 1. The SMILES string of the molecule is O=P1(O)OC[C@H]2OC[C@@H](O)[C@@H]2O1. The van der Waals surface area contributed by atoms with Gasteiger partial charge in [-0.15, -0.1) is 0 Å². The van der Waals surface area contributed by atoms with E-state index in [9.17, 15) is 9.67 Å². The summed E-state index contributed by atoms with van der Waals surface area (Å²) in [6.07, 6.45) is -1.98. The molecule has 1 unspecified atom stereocenters. The number of hydrogen-bond acceptors (Lipinski definition) is 5. The van der Waals surface area contributed by atoms with Crippen LogP contribution in [0, 0.1) is 0 Å². The van der Waals surface area contributed by atoms with Crippen LogP contribution in [0.5, 0.6) is 0 Å². The van der Waals surface area contributed by atoms with Gasteiger partial charge in [0.15, 0.2) is 0 Å². The predicted molar refractivity (Wildman–Crippen MR) is 36.4 cm³/mol. The first-order chi connectivity index (χ1) is 5.58. The molecule has 6 nitrogen and oxygen atoms in total. The molecule has 0 bridgehead atoms. The lowest BCUT2D eigenvalue weighted by Crippen LogP contribution is -2.38. The van der Waals surface area contributed by atoms with E-state index in [2.05, 4.69) is 9.05 Å². The second-order valence-corrected chi connectivity index (χ2v) is 4.18. The molecule has 0 amide bonds. The summed E-state index contributed by atoms with van der Waals surface area (Å²) >= 11 is 0. The molecule has 0 radical (unpaired) electrons. The molecule has 2 aliphatic rings. The fourth-order valence-electron chi connectivity index (χ4n) is 1.29. The zero-order valence-electron chi connectivity index (χ0n) is 6.12. The monoisotopic (exact) mass is 196 g/mol. The summed E-state index contributed by atoms with van der Waals surface area (Å²) in [7, 11) is -3.93. The average molecular weight is 196 g/mol. The molecule has 2 N–H and O–H groups in total. The van der Waals surface area contributed by atoms with E-state index in [1.165, 1.54) is 0 Å². The van der Waals surface area contributed by atoms with Crippen molar-refractivity contribution in [2.45, 2.75) is 18.3 Å². The number of ether oxygens (including phenoxy) is 1. The van der Waals surface area contributed by atoms with E-state index >= 15 is 0 Å². The van der Waals surface area contributed by atoms with Crippen LogP contribution in [0.25, 0.3) is 0 Å². The number of phosphoric ester groups is 1. The Morgan fingerprint density at radius 3 is 2.92 bits per heavy atom. The Balaban J connectivity index is 2.12. The maximum atomic E-state index is 10.9. The van der Waals surface area contributed by atoms with Gasteiger partial charge >= 0.3 is 7.82 Å². The highest BCUT2D eigenvalue weighted by Gasteiger charge is 2.46. The molecule has 0 aromatic carbocycles. The predicted octanol–water partition coefficient (Wildman–Crippen LogP) is -0.738. The largest absolute Gasteiger partial charge is 0.472 e. The van der Waals surface area contributed by atoms with Crippen molar-refractivity contribution in [3.63, 3.8) is 0 Å². The van der Waals surface area contributed by atoms with Crippen molar-refractivity contribution < 1.29 is 28.3 Å². The van der Waals surface area contributed by atoms with Gasteiger partial charge in [0.2, 0.25) is 0 Å². The van der Waals surface area contributed by atoms with Gasteiger partial charge in [0.1, 0.15) is 18.3 Å². The lowest BCUT2D eigenvalue weighted by molar-refractivity contribution is -0.0475. The minimum absolute atomic E-state index is 0.00446. The van der Waals surface area contributed by atoms with Crippen molar-refractivity contribution >= 4 is 7.82 Å². The zero-order chi connectivity index (χ0) is 8.77. The lowest BCUT2D eigenvalue weighted by atomic mass is 10.2. The fraction of sp³-hybridized carbons (Fsp3) is 1.00. The molecule has 2 heterocycles. The van der Waals surface area contributed by atoms with Crippen LogP contribution < -0.4 is 0 Å². The normalized spacial score (nSPS) is 53.7. The number of fused-ring (bicyclic) bond motifs is 1. The molecule has 12 heavy (non-hydrogen) atoms. The smallest absolute Gasteiger partial charge is 0.388 e. The van der Waals surface area contributed by atoms with Crippen molar-refractivity contribution in [2.24, 2.45) is 0 Å². The van der Waals surface area contributed by atoms with Crippen molar-refractivity contribution in [1.82, 2.24) is 0 Å². The first-order valence-electron chi connectivity index (χ1n) is 3.54. The third-order valence-electron chi connectivity index (χ3n) is 1.88. The minimum Gasteiger partial charge on any atom is -0.388 e. The third-order valence-corrected chi connectivity index (χ3v) is 2.87. The minimum atomic E-state index is -3.93. The summed E-state index contributed by atoms with van der Waals surface area (Å²) < 4.78 is 25.0. The second-order valence-electron chi connectivity index (χ2n) is 2.77. The molecule has 7 heteroatoms. The van der Waals surface area contributed by atoms with Gasteiger partial charge in [-0.05, 0) is 0 Å². The Morgan fingerprint density at radius 1 is 1.42 bits per heavy atom. The van der Waals surface area contributed by atoms with E-state index in [4.69, 9.17) is 9.63 Å². The first kappa shape index (κ1) is 8.62. The maximum Gasteiger partial charge on any atom is 0.472 e. The molecule has 4 atom stereocenters. The van der Waals surface area contributed by atoms with Gasteiger partial charge in [-0.2, -0.15) is 0 Å². The summed E-state index contributed by atoms with van der Waals surface area (Å²) in [6, 6.07) is 0. The van der Waals surface area contributed by atoms with E-state index in [-0.39, 0.29) is 13.2 Å². The molecule has 0 spiro atoms. The van der Waals surface area contributed by atoms with Crippen molar-refractivity contribution in [1.29, 1.82) is 0 Å². The zero-order valence-corrected chi connectivity index (χ0v) is 7.02. The highest BCUT2D eigenvalue weighted by molar-refractivity contribution is 7.47. The van der Waals surface area contributed by atoms with Crippen LogP contribution in [0.15, 0.2) is 0 Å². The van der Waals surface area contributed by atoms with Crippen molar-refractivity contribution in [3.8, 4) is 0 Å². The molecule has 2 rings (SSSR count). The Bertz CT molecular complexity index is 230. The van der Waals surface area contributed by atoms with E-state index < -0.39 is 26.1 Å². The lowest BCUT2D eigenvalue weighted by Gasteiger charge is -2.28. The van der Waals surface area contributed by atoms with Gasteiger partial charge in [0.25, 0.3) is 0 Å². The summed E-state index contributed by atoms with van der Waals surface area (Å²) in [4.78, 5) is 8.88. The van der Waals surface area contributed by atoms with Crippen LogP contribution in [0.1, 0.15) is 0 Å². The Labute approximate surface area is 68.7 Å². The summed E-state index contributed by atoms with van der Waals surface area (Å²) in [5.41, 5.74) is 0. The van der Waals surface area contributed by atoms with Gasteiger partial charge in [0, 0.05) is 0 Å². The molecule has 0 aliphatic carbocycles. The van der Waals surface area contributed by atoms with Crippen LogP contribution in [0.3, 0.4) is 0 Å². The number of aliphatic hydroxyl groups excluding tert-OH is 1. The maximum absolute atomic E-state index is 10.9. The molecule has 0 saturated carbocycles. The molecule has 0 aromatic rings. The van der Waals surface area contributed by atoms with E-state index in [0.717, 1.165) is 0 Å². The van der Waals surface area contributed by atoms with Gasteiger partial charge in [-0.25, -0.2) is 4.57 Å². The van der Waals surface area contributed by atoms with Crippen LogP contribution >= 0.6 is 7.82 Å². The standard InChI is InChI=1S/C5H9O6P/c6-3-1-9-4-2-10-12(7,8)11-5(3)4/h3-6H,1-2H2,(H,7,8)/t3-,4-,5+/m1/s1. The van der Waals surface area contributed by atoms with Crippen molar-refractivity contribution in [3.05, 3.63) is 0 Å². The summed E-state index contributed by atoms with van der Waals surface area (Å²) in [6.45, 7) is 0.119.